The molecule has 0 saturated carbocycles. The molecule has 3 heterocycles. The molecule has 3 fully saturated rings. The van der Waals surface area contributed by atoms with E-state index in [1.54, 1.807) is 0 Å². The first kappa shape index (κ1) is 27.3. The summed E-state index contributed by atoms with van der Waals surface area (Å²) >= 11 is 0. The number of carbonyl (C=O) groups is 3. The van der Waals surface area contributed by atoms with Gasteiger partial charge in [0.1, 0.15) is 11.6 Å². The van der Waals surface area contributed by atoms with Crippen LogP contribution < -0.4 is 10.6 Å². The molecule has 3 aliphatic heterocycles. The van der Waals surface area contributed by atoms with Crippen LogP contribution in [0.3, 0.4) is 0 Å². The second-order valence-corrected chi connectivity index (χ2v) is 11.9. The number of nitrogens with zero attached hydrogens (tertiary/aromatic N) is 1. The number of para-hydroxylation sites is 1. The third-order valence-electron chi connectivity index (χ3n) is 9.10. The van der Waals surface area contributed by atoms with Crippen LogP contribution in [0.4, 0.5) is 5.69 Å². The number of benzene rings is 2. The number of rotatable bonds is 8. The summed E-state index contributed by atoms with van der Waals surface area (Å²) in [5, 5.41) is 16.5. The molecule has 8 nitrogen and oxygen atoms in total. The van der Waals surface area contributed by atoms with Gasteiger partial charge in [-0.05, 0) is 56.2 Å². The minimum absolute atomic E-state index is 0.109. The number of ether oxygens (including phenoxy) is 1. The van der Waals surface area contributed by atoms with E-state index in [0.29, 0.717) is 25.1 Å². The van der Waals surface area contributed by atoms with Crippen molar-refractivity contribution in [2.75, 3.05) is 11.9 Å². The number of likely N-dealkylation sites (tertiary alicyclic amines) is 1. The van der Waals surface area contributed by atoms with Gasteiger partial charge in [0.05, 0.1) is 30.1 Å². The van der Waals surface area contributed by atoms with E-state index in [1.807, 2.05) is 83.1 Å². The minimum Gasteiger partial charge on any atom is -0.394 e. The number of aryl methyl sites for hydroxylation is 2. The Labute approximate surface area is 230 Å². The predicted molar refractivity (Wildman–Crippen MR) is 148 cm³/mol. The van der Waals surface area contributed by atoms with Gasteiger partial charge in [-0.1, -0.05) is 62.4 Å². The summed E-state index contributed by atoms with van der Waals surface area (Å²) < 4.78 is 6.70. The molecule has 3 saturated heterocycles. The Morgan fingerprint density at radius 3 is 2.33 bits per heavy atom. The third kappa shape index (κ3) is 4.34. The fraction of sp³-hybridized carbons (Fsp3) is 0.516. The number of anilines is 1. The highest BCUT2D eigenvalue weighted by Crippen LogP contribution is 2.63. The molecule has 8 heteroatoms. The van der Waals surface area contributed by atoms with Crippen molar-refractivity contribution in [2.24, 2.45) is 17.8 Å². The minimum atomic E-state index is -1.15. The van der Waals surface area contributed by atoms with Crippen LogP contribution in [0.5, 0.6) is 0 Å². The molecular formula is C31H39N3O5. The molecule has 39 heavy (non-hydrogen) atoms. The maximum absolute atomic E-state index is 14.3. The van der Waals surface area contributed by atoms with E-state index in [0.717, 1.165) is 16.7 Å². The van der Waals surface area contributed by atoms with E-state index in [-0.39, 0.29) is 30.2 Å². The molecule has 3 amide bonds. The monoisotopic (exact) mass is 533 g/mol. The zero-order valence-electron chi connectivity index (χ0n) is 23.4. The van der Waals surface area contributed by atoms with Crippen molar-refractivity contribution in [3.63, 3.8) is 0 Å². The lowest BCUT2D eigenvalue weighted by Gasteiger charge is -2.38. The van der Waals surface area contributed by atoms with Crippen molar-refractivity contribution in [2.45, 2.75) is 77.3 Å². The number of aliphatic hydroxyl groups excluding tert-OH is 1. The van der Waals surface area contributed by atoms with Gasteiger partial charge in [-0.25, -0.2) is 0 Å². The smallest absolute Gasteiger partial charge is 0.250 e. The van der Waals surface area contributed by atoms with Gasteiger partial charge < -0.3 is 25.4 Å². The van der Waals surface area contributed by atoms with E-state index >= 15 is 0 Å². The first-order valence-corrected chi connectivity index (χ1v) is 13.9. The molecule has 208 valence electrons. The number of hydrogen-bond donors (Lipinski definition) is 3. The standard InChI is InChI=1S/C31H39N3O5/c1-18(2)22(17-35)34-26(28(37)33-25-19(3)10-9-11-20(25)4)31-15-14-30(5,39-31)23(24(31)29(34)38)27(36)32-16-21-12-7-6-8-13-21/h6-13,18,22-24,26,35H,14-17H2,1-5H3,(H,32,36)(H,33,37)/t22-,23-,24-,26?,30+,31?/m0/s1. The van der Waals surface area contributed by atoms with E-state index in [4.69, 9.17) is 4.74 Å². The highest BCUT2D eigenvalue weighted by Gasteiger charge is 2.78. The maximum atomic E-state index is 14.3. The molecule has 2 aromatic rings. The topological polar surface area (TPSA) is 108 Å². The number of fused-ring (bicyclic) bond motifs is 1. The molecule has 3 N–H and O–H groups in total. The van der Waals surface area contributed by atoms with Crippen molar-refractivity contribution < 1.29 is 24.2 Å². The van der Waals surface area contributed by atoms with Gasteiger partial charge in [0.25, 0.3) is 0 Å². The van der Waals surface area contributed by atoms with Crippen LogP contribution >= 0.6 is 0 Å². The highest BCUT2D eigenvalue weighted by molar-refractivity contribution is 6.04. The summed E-state index contributed by atoms with van der Waals surface area (Å²) in [4.78, 5) is 43.7. The highest BCUT2D eigenvalue weighted by atomic mass is 16.5. The van der Waals surface area contributed by atoms with Crippen molar-refractivity contribution in [3.05, 3.63) is 65.2 Å². The van der Waals surface area contributed by atoms with Crippen molar-refractivity contribution in [1.82, 2.24) is 10.2 Å². The number of amides is 3. The summed E-state index contributed by atoms with van der Waals surface area (Å²) in [5.74, 6) is -2.56. The van der Waals surface area contributed by atoms with E-state index < -0.39 is 35.1 Å². The van der Waals surface area contributed by atoms with E-state index in [9.17, 15) is 19.5 Å². The van der Waals surface area contributed by atoms with Gasteiger partial charge in [-0.15, -0.1) is 0 Å². The lowest BCUT2D eigenvalue weighted by molar-refractivity contribution is -0.149. The van der Waals surface area contributed by atoms with Gasteiger partial charge in [-0.3, -0.25) is 14.4 Å². The molecule has 5 rings (SSSR count). The summed E-state index contributed by atoms with van der Waals surface area (Å²) in [5.41, 5.74) is 1.48. The zero-order chi connectivity index (χ0) is 28.1. The normalized spacial score (nSPS) is 30.0. The molecule has 2 unspecified atom stereocenters. The molecule has 2 bridgehead atoms. The summed E-state index contributed by atoms with van der Waals surface area (Å²) in [6.07, 6.45) is 1.05. The maximum Gasteiger partial charge on any atom is 0.250 e. The van der Waals surface area contributed by atoms with Crippen molar-refractivity contribution in [1.29, 1.82) is 0 Å². The molecule has 2 aromatic carbocycles. The van der Waals surface area contributed by atoms with Crippen LogP contribution in [0, 0.1) is 31.6 Å². The molecule has 3 aliphatic rings. The van der Waals surface area contributed by atoms with Crippen LogP contribution in [-0.2, 0) is 25.7 Å². The van der Waals surface area contributed by atoms with Gasteiger partial charge >= 0.3 is 0 Å². The number of aliphatic hydroxyl groups is 1. The fourth-order valence-electron chi connectivity index (χ4n) is 7.14. The predicted octanol–water partition coefficient (Wildman–Crippen LogP) is 3.34. The molecular weight excluding hydrogens is 494 g/mol. The average molecular weight is 534 g/mol. The van der Waals surface area contributed by atoms with Gasteiger partial charge in [0.15, 0.2) is 0 Å². The quantitative estimate of drug-likeness (QED) is 0.483. The Kier molecular flexibility index (Phi) is 7.06. The second kappa shape index (κ2) is 10.1. The first-order valence-electron chi connectivity index (χ1n) is 13.9. The Balaban J connectivity index is 1.52. The molecule has 1 spiro atoms. The molecule has 6 atom stereocenters. The van der Waals surface area contributed by atoms with E-state index in [2.05, 4.69) is 10.6 Å². The average Bonchev–Trinajstić information content (AvgIpc) is 3.47. The van der Waals surface area contributed by atoms with E-state index in [1.165, 1.54) is 4.90 Å². The van der Waals surface area contributed by atoms with Gasteiger partial charge in [0, 0.05) is 12.2 Å². The lowest BCUT2D eigenvalue weighted by Crippen LogP contribution is -2.57. The summed E-state index contributed by atoms with van der Waals surface area (Å²) in [6, 6.07) is 13.8. The largest absolute Gasteiger partial charge is 0.394 e. The summed E-state index contributed by atoms with van der Waals surface area (Å²) in [7, 11) is 0. The van der Waals surface area contributed by atoms with Crippen molar-refractivity contribution in [3.8, 4) is 0 Å². The number of hydrogen-bond acceptors (Lipinski definition) is 5. The fourth-order valence-corrected chi connectivity index (χ4v) is 7.14. The molecule has 0 radical (unpaired) electrons. The Morgan fingerprint density at radius 2 is 1.72 bits per heavy atom. The Morgan fingerprint density at radius 1 is 1.05 bits per heavy atom. The number of carbonyl (C=O) groups excluding carboxylic acids is 3. The molecule has 0 aliphatic carbocycles. The van der Waals surface area contributed by atoms with Crippen molar-refractivity contribution >= 4 is 23.4 Å². The van der Waals surface area contributed by atoms with Gasteiger partial charge in [-0.2, -0.15) is 0 Å². The first-order chi connectivity index (χ1) is 18.5. The Bertz CT molecular complexity index is 1260. The SMILES string of the molecule is Cc1cccc(C)c1NC(=O)C1N([C@@H](CO)C(C)C)C(=O)[C@@H]2[C@@H](C(=O)NCc3ccccc3)[C@@]3(C)CCC12O3. The lowest BCUT2D eigenvalue weighted by atomic mass is 9.66. The van der Waals surface area contributed by atoms with Crippen LogP contribution in [0.25, 0.3) is 0 Å². The third-order valence-corrected chi connectivity index (χ3v) is 9.10. The number of nitrogens with one attached hydrogen (secondary N) is 2. The van der Waals surface area contributed by atoms with Crippen LogP contribution in [0.15, 0.2) is 48.5 Å². The van der Waals surface area contributed by atoms with Crippen LogP contribution in [0.2, 0.25) is 0 Å². The van der Waals surface area contributed by atoms with Crippen LogP contribution in [-0.4, -0.2) is 57.6 Å². The summed E-state index contributed by atoms with van der Waals surface area (Å²) in [6.45, 7) is 9.63. The Hall–Kier alpha value is -3.23. The second-order valence-electron chi connectivity index (χ2n) is 11.9. The molecule has 0 aromatic heterocycles. The van der Waals surface area contributed by atoms with Gasteiger partial charge in [0.2, 0.25) is 17.7 Å². The van der Waals surface area contributed by atoms with Crippen LogP contribution in [0.1, 0.15) is 50.3 Å². The zero-order valence-corrected chi connectivity index (χ0v) is 23.4.